The first-order valence-corrected chi connectivity index (χ1v) is 12.4. The molecule has 12 heteroatoms. The maximum atomic E-state index is 13.1. The number of benzene rings is 2. The van der Waals surface area contributed by atoms with Crippen LogP contribution >= 0.6 is 11.6 Å². The van der Waals surface area contributed by atoms with Crippen molar-refractivity contribution in [3.8, 4) is 0 Å². The minimum Gasteiger partial charge on any atom is -0.372 e. The van der Waals surface area contributed by atoms with Gasteiger partial charge in [-0.15, -0.1) is 0 Å². The molecule has 2 heterocycles. The molecule has 0 bridgehead atoms. The number of halogens is 4. The van der Waals surface area contributed by atoms with Crippen molar-refractivity contribution in [1.29, 1.82) is 0 Å². The lowest BCUT2D eigenvalue weighted by Gasteiger charge is -2.35. The molecule has 0 aliphatic carbocycles. The van der Waals surface area contributed by atoms with E-state index in [1.807, 2.05) is 33.8 Å². The van der Waals surface area contributed by atoms with Gasteiger partial charge in [0.2, 0.25) is 5.95 Å². The molecule has 3 aromatic rings. The highest BCUT2D eigenvalue weighted by Crippen LogP contribution is 2.36. The quantitative estimate of drug-likeness (QED) is 0.406. The number of aryl methyl sites for hydroxylation is 2. The van der Waals surface area contributed by atoms with Gasteiger partial charge in [-0.1, -0.05) is 17.7 Å². The van der Waals surface area contributed by atoms with Crippen molar-refractivity contribution in [2.45, 2.75) is 52.5 Å². The van der Waals surface area contributed by atoms with E-state index in [9.17, 15) is 18.0 Å². The van der Waals surface area contributed by atoms with E-state index in [0.717, 1.165) is 23.3 Å². The van der Waals surface area contributed by atoms with Gasteiger partial charge in [-0.2, -0.15) is 23.1 Å². The van der Waals surface area contributed by atoms with Crippen LogP contribution in [0.4, 0.5) is 35.3 Å². The van der Waals surface area contributed by atoms with Gasteiger partial charge in [-0.3, -0.25) is 0 Å². The van der Waals surface area contributed by atoms with Gasteiger partial charge in [-0.05, 0) is 69.2 Å². The Kier molecular flexibility index (Phi) is 8.08. The van der Waals surface area contributed by atoms with Crippen molar-refractivity contribution in [1.82, 2.24) is 15.0 Å². The predicted octanol–water partition coefficient (Wildman–Crippen LogP) is 6.01. The Balaban J connectivity index is 1.48. The zero-order valence-corrected chi connectivity index (χ0v) is 22.1. The number of carbonyl (C=O) groups excluding carboxylic acids is 1. The highest BCUT2D eigenvalue weighted by molar-refractivity contribution is 6.31. The maximum Gasteiger partial charge on any atom is 0.417 e. The van der Waals surface area contributed by atoms with Crippen LogP contribution in [-0.4, -0.2) is 46.3 Å². The Morgan fingerprint density at radius 2 is 1.66 bits per heavy atom. The molecule has 2 N–H and O–H groups in total. The molecule has 8 nitrogen and oxygen atoms in total. The van der Waals surface area contributed by atoms with Crippen LogP contribution in [0.1, 0.15) is 42.2 Å². The molecule has 2 aromatic carbocycles. The number of rotatable bonds is 5. The first kappa shape index (κ1) is 27.6. The van der Waals surface area contributed by atoms with Crippen molar-refractivity contribution in [2.24, 2.45) is 0 Å². The molecular weight excluding hydrogens is 521 g/mol. The molecule has 1 saturated heterocycles. The molecule has 2 unspecified atom stereocenters. The van der Waals surface area contributed by atoms with Gasteiger partial charge in [-0.25, -0.2) is 9.78 Å². The molecule has 0 spiro atoms. The zero-order chi connectivity index (χ0) is 27.6. The molecule has 0 radical (unpaired) electrons. The number of carbonyl (C=O) groups is 1. The molecule has 1 aromatic heterocycles. The second-order valence-corrected chi connectivity index (χ2v) is 9.76. The number of alkyl halides is 3. The van der Waals surface area contributed by atoms with Crippen LogP contribution in [0.3, 0.4) is 0 Å². The number of hydrogen-bond donors (Lipinski definition) is 2. The van der Waals surface area contributed by atoms with Crippen LogP contribution in [0.25, 0.3) is 0 Å². The molecule has 1 fully saturated rings. The van der Waals surface area contributed by atoms with Crippen molar-refractivity contribution in [3.05, 3.63) is 69.8 Å². The van der Waals surface area contributed by atoms with E-state index in [2.05, 4.69) is 30.5 Å². The Morgan fingerprint density at radius 3 is 2.32 bits per heavy atom. The number of nitrogens with one attached hydrogen (secondary N) is 2. The average molecular weight is 549 g/mol. The molecule has 2 atom stereocenters. The molecule has 1 aliphatic heterocycles. The summed E-state index contributed by atoms with van der Waals surface area (Å²) in [5.41, 5.74) is 1.26. The zero-order valence-electron chi connectivity index (χ0n) is 21.4. The number of hydrogen-bond acceptors (Lipinski definition) is 6. The summed E-state index contributed by atoms with van der Waals surface area (Å²) in [6.07, 6.45) is -4.12. The summed E-state index contributed by atoms with van der Waals surface area (Å²) in [6.45, 7) is 9.14. The Bertz CT molecular complexity index is 1330. The van der Waals surface area contributed by atoms with Gasteiger partial charge in [0, 0.05) is 30.9 Å². The number of anilines is 3. The number of amides is 2. The molecule has 4 rings (SSSR count). The Labute approximate surface area is 223 Å². The van der Waals surface area contributed by atoms with Crippen LogP contribution in [0.5, 0.6) is 0 Å². The van der Waals surface area contributed by atoms with Gasteiger partial charge in [0.15, 0.2) is 0 Å². The number of nitrogens with zero attached hydrogens (tertiary/aromatic N) is 4. The fraction of sp³-hybridized carbons (Fsp3) is 0.385. The van der Waals surface area contributed by atoms with Crippen molar-refractivity contribution in [3.63, 3.8) is 0 Å². The first-order valence-electron chi connectivity index (χ1n) is 12.0. The van der Waals surface area contributed by atoms with E-state index >= 15 is 0 Å². The van der Waals surface area contributed by atoms with Crippen LogP contribution in [0, 0.1) is 13.8 Å². The molecule has 1 aliphatic rings. The molecule has 202 valence electrons. The highest BCUT2D eigenvalue weighted by Gasteiger charge is 2.33. The Hall–Kier alpha value is -3.44. The normalized spacial score (nSPS) is 17.8. The third-order valence-electron chi connectivity index (χ3n) is 5.97. The van der Waals surface area contributed by atoms with Gasteiger partial charge in [0.25, 0.3) is 0 Å². The summed E-state index contributed by atoms with van der Waals surface area (Å²) in [4.78, 5) is 28.3. The van der Waals surface area contributed by atoms with Crippen LogP contribution in [0.15, 0.2) is 36.4 Å². The average Bonchev–Trinajstić information content (AvgIpc) is 2.81. The third kappa shape index (κ3) is 6.90. The summed E-state index contributed by atoms with van der Waals surface area (Å²) in [6, 6.07) is 7.83. The van der Waals surface area contributed by atoms with E-state index in [4.69, 9.17) is 16.3 Å². The third-order valence-corrected chi connectivity index (χ3v) is 6.30. The van der Waals surface area contributed by atoms with E-state index in [0.29, 0.717) is 42.8 Å². The number of urea groups is 1. The second kappa shape index (κ2) is 11.1. The Morgan fingerprint density at radius 1 is 1.03 bits per heavy atom. The summed E-state index contributed by atoms with van der Waals surface area (Å²) in [5.74, 6) is 1.79. The van der Waals surface area contributed by atoms with Gasteiger partial charge < -0.3 is 20.3 Å². The molecule has 38 heavy (non-hydrogen) atoms. The van der Waals surface area contributed by atoms with Crippen LogP contribution in [0.2, 0.25) is 5.02 Å². The predicted molar refractivity (Wildman–Crippen MR) is 140 cm³/mol. The SMILES string of the molecule is Cc1nc(Cc2cc(NC(=O)Nc3ccc(Cl)c(C(F)(F)F)c3)ccc2C)nc(N2CC(C)OC(C)C2)n1. The van der Waals surface area contributed by atoms with E-state index in [1.54, 1.807) is 12.1 Å². The lowest BCUT2D eigenvalue weighted by Crippen LogP contribution is -2.46. The summed E-state index contributed by atoms with van der Waals surface area (Å²) in [5, 5.41) is 4.63. The monoisotopic (exact) mass is 548 g/mol. The summed E-state index contributed by atoms with van der Waals surface area (Å²) >= 11 is 5.65. The molecular formula is C26H28ClF3N6O2. The molecule has 2 amide bonds. The fourth-order valence-corrected chi connectivity index (χ4v) is 4.53. The fourth-order valence-electron chi connectivity index (χ4n) is 4.31. The van der Waals surface area contributed by atoms with Crippen molar-refractivity contribution >= 4 is 35.0 Å². The highest BCUT2D eigenvalue weighted by atomic mass is 35.5. The van der Waals surface area contributed by atoms with Gasteiger partial charge in [0.1, 0.15) is 11.6 Å². The smallest absolute Gasteiger partial charge is 0.372 e. The van der Waals surface area contributed by atoms with Gasteiger partial charge >= 0.3 is 12.2 Å². The number of aromatic nitrogens is 3. The minimum atomic E-state index is -4.64. The summed E-state index contributed by atoms with van der Waals surface area (Å²) in [7, 11) is 0. The van der Waals surface area contributed by atoms with Crippen LogP contribution in [-0.2, 0) is 17.3 Å². The minimum absolute atomic E-state index is 0.0356. The van der Waals surface area contributed by atoms with Crippen LogP contribution < -0.4 is 15.5 Å². The lowest BCUT2D eigenvalue weighted by atomic mass is 10.0. The first-order chi connectivity index (χ1) is 17.9. The second-order valence-electron chi connectivity index (χ2n) is 9.35. The summed E-state index contributed by atoms with van der Waals surface area (Å²) < 4.78 is 45.2. The van der Waals surface area contributed by atoms with E-state index in [1.165, 1.54) is 6.07 Å². The number of ether oxygens (including phenoxy) is 1. The lowest BCUT2D eigenvalue weighted by molar-refractivity contribution is -0.137. The topological polar surface area (TPSA) is 92.3 Å². The maximum absolute atomic E-state index is 13.1. The van der Waals surface area contributed by atoms with E-state index < -0.39 is 22.8 Å². The van der Waals surface area contributed by atoms with Crippen molar-refractivity contribution < 1.29 is 22.7 Å². The van der Waals surface area contributed by atoms with E-state index in [-0.39, 0.29) is 17.9 Å². The standard InChI is InChI=1S/C26H28ClF3N6O2/c1-14-5-6-19(33-25(37)34-20-7-8-22(27)21(11-20)26(28,29)30)9-18(14)10-23-31-17(4)32-24(35-23)36-12-15(2)38-16(3)13-36/h5-9,11,15-16H,10,12-13H2,1-4H3,(H2,33,34,37). The van der Waals surface area contributed by atoms with Gasteiger partial charge in [0.05, 0.1) is 22.8 Å². The number of morpholine rings is 1. The molecule has 0 saturated carbocycles. The van der Waals surface area contributed by atoms with Crippen molar-refractivity contribution in [2.75, 3.05) is 28.6 Å². The largest absolute Gasteiger partial charge is 0.417 e.